The number of nitrogens with one attached hydrogen (secondary N) is 1. The maximum absolute atomic E-state index is 11.8. The molecule has 1 unspecified atom stereocenters. The Kier molecular flexibility index (Phi) is 4.90. The van der Waals surface area contributed by atoms with E-state index in [2.05, 4.69) is 10.3 Å². The highest BCUT2D eigenvalue weighted by atomic mass is 35.5. The van der Waals surface area contributed by atoms with Gasteiger partial charge in [0.1, 0.15) is 15.4 Å². The molecule has 1 heterocycles. The normalized spacial score (nSPS) is 12.1. The van der Waals surface area contributed by atoms with Gasteiger partial charge in [0, 0.05) is 6.54 Å². The summed E-state index contributed by atoms with van der Waals surface area (Å²) in [6, 6.07) is 8.92. The molecule has 1 atom stereocenters. The lowest BCUT2D eigenvalue weighted by Crippen LogP contribution is -2.29. The molecule has 0 bridgehead atoms. The van der Waals surface area contributed by atoms with Gasteiger partial charge in [-0.05, 0) is 5.56 Å². The molecule has 2 aromatic rings. The molecule has 1 aromatic heterocycles. The first-order valence-corrected chi connectivity index (χ1v) is 6.86. The Hall–Kier alpha value is -1.43. The molecule has 19 heavy (non-hydrogen) atoms. The molecule has 0 saturated heterocycles. The van der Waals surface area contributed by atoms with Gasteiger partial charge in [-0.3, -0.25) is 5.32 Å². The minimum absolute atomic E-state index is 0.325. The zero-order valence-electron chi connectivity index (χ0n) is 10.3. The fraction of sp³-hybridized carbons (Fsp3) is 0.231. The molecule has 0 aliphatic carbocycles. The fourth-order valence-electron chi connectivity index (χ4n) is 1.66. The number of halogens is 1. The van der Waals surface area contributed by atoms with E-state index < -0.39 is 6.04 Å². The van der Waals surface area contributed by atoms with Crippen LogP contribution < -0.4 is 5.32 Å². The van der Waals surface area contributed by atoms with Crippen molar-refractivity contribution in [1.82, 2.24) is 10.3 Å². The number of esters is 1. The van der Waals surface area contributed by atoms with Crippen molar-refractivity contribution in [2.24, 2.45) is 0 Å². The number of nitrogens with zero attached hydrogens (tertiary/aromatic N) is 1. The third-order valence-corrected chi connectivity index (χ3v) is 3.67. The molecule has 0 radical (unpaired) electrons. The second-order valence-corrected chi connectivity index (χ2v) is 5.55. The average molecular weight is 297 g/mol. The van der Waals surface area contributed by atoms with Crippen molar-refractivity contribution < 1.29 is 9.53 Å². The first kappa shape index (κ1) is 14.0. The van der Waals surface area contributed by atoms with E-state index in [0.29, 0.717) is 10.9 Å². The summed E-state index contributed by atoms with van der Waals surface area (Å²) in [5.41, 5.74) is 0.858. The molecule has 0 aliphatic heterocycles. The monoisotopic (exact) mass is 296 g/mol. The number of ether oxygens (including phenoxy) is 1. The third-order valence-electron chi connectivity index (χ3n) is 2.55. The molecular formula is C13H13ClN2O2S. The van der Waals surface area contributed by atoms with Gasteiger partial charge in [-0.1, -0.05) is 41.9 Å². The van der Waals surface area contributed by atoms with Crippen LogP contribution in [-0.2, 0) is 16.1 Å². The molecular weight excluding hydrogens is 284 g/mol. The number of thiazole rings is 1. The Morgan fingerprint density at radius 2 is 2.21 bits per heavy atom. The van der Waals surface area contributed by atoms with E-state index >= 15 is 0 Å². The number of benzene rings is 1. The molecule has 0 amide bonds. The van der Waals surface area contributed by atoms with Crippen LogP contribution in [0, 0.1) is 0 Å². The Morgan fingerprint density at radius 1 is 1.47 bits per heavy atom. The zero-order valence-corrected chi connectivity index (χ0v) is 11.9. The first-order chi connectivity index (χ1) is 9.20. The van der Waals surface area contributed by atoms with Gasteiger partial charge in [-0.2, -0.15) is 0 Å². The van der Waals surface area contributed by atoms with Crippen molar-refractivity contribution in [3.05, 3.63) is 51.4 Å². The largest absolute Gasteiger partial charge is 0.468 e. The van der Waals surface area contributed by atoms with E-state index in [1.165, 1.54) is 18.4 Å². The van der Waals surface area contributed by atoms with Crippen LogP contribution in [0.5, 0.6) is 0 Å². The van der Waals surface area contributed by atoms with Crippen LogP contribution in [0.2, 0.25) is 4.34 Å². The molecule has 2 rings (SSSR count). The van der Waals surface area contributed by atoms with E-state index in [-0.39, 0.29) is 5.97 Å². The van der Waals surface area contributed by atoms with E-state index in [1.807, 2.05) is 30.3 Å². The maximum Gasteiger partial charge on any atom is 0.327 e. The number of hydrogen-bond acceptors (Lipinski definition) is 5. The van der Waals surface area contributed by atoms with E-state index in [4.69, 9.17) is 16.3 Å². The van der Waals surface area contributed by atoms with Gasteiger partial charge in [0.05, 0.1) is 13.3 Å². The zero-order chi connectivity index (χ0) is 13.7. The lowest BCUT2D eigenvalue weighted by molar-refractivity contribution is -0.143. The van der Waals surface area contributed by atoms with Crippen LogP contribution in [0.3, 0.4) is 0 Å². The highest BCUT2D eigenvalue weighted by Crippen LogP contribution is 2.20. The van der Waals surface area contributed by atoms with Crippen LogP contribution in [0.15, 0.2) is 36.5 Å². The predicted octanol–water partition coefficient (Wildman–Crippen LogP) is 2.80. The number of methoxy groups -OCH3 is 1. The molecule has 100 valence electrons. The lowest BCUT2D eigenvalue weighted by atomic mass is 10.1. The quantitative estimate of drug-likeness (QED) is 0.862. The van der Waals surface area contributed by atoms with Crippen LogP contribution >= 0.6 is 22.9 Å². The van der Waals surface area contributed by atoms with Crippen LogP contribution in [0.4, 0.5) is 0 Å². The summed E-state index contributed by atoms with van der Waals surface area (Å²) in [6.45, 7) is 0.464. The van der Waals surface area contributed by atoms with Gasteiger partial charge >= 0.3 is 5.97 Å². The van der Waals surface area contributed by atoms with Gasteiger partial charge in [0.15, 0.2) is 0 Å². The molecule has 4 nitrogen and oxygen atoms in total. The summed E-state index contributed by atoms with van der Waals surface area (Å²) in [7, 11) is 1.38. The highest BCUT2D eigenvalue weighted by molar-refractivity contribution is 7.15. The lowest BCUT2D eigenvalue weighted by Gasteiger charge is -2.15. The second-order valence-electron chi connectivity index (χ2n) is 3.81. The summed E-state index contributed by atoms with van der Waals surface area (Å²) >= 11 is 7.20. The van der Waals surface area contributed by atoms with Gasteiger partial charge < -0.3 is 4.74 Å². The Morgan fingerprint density at radius 3 is 2.79 bits per heavy atom. The minimum Gasteiger partial charge on any atom is -0.468 e. The topological polar surface area (TPSA) is 51.2 Å². The van der Waals surface area contributed by atoms with Crippen molar-refractivity contribution >= 4 is 28.9 Å². The minimum atomic E-state index is -0.506. The summed E-state index contributed by atoms with van der Waals surface area (Å²) in [6.07, 6.45) is 1.60. The Bertz CT molecular complexity index is 545. The smallest absolute Gasteiger partial charge is 0.327 e. The van der Waals surface area contributed by atoms with Crippen molar-refractivity contribution in [2.45, 2.75) is 12.6 Å². The summed E-state index contributed by atoms with van der Waals surface area (Å²) in [5.74, 6) is -0.325. The van der Waals surface area contributed by atoms with E-state index in [1.54, 1.807) is 6.20 Å². The summed E-state index contributed by atoms with van der Waals surface area (Å²) < 4.78 is 5.45. The molecule has 1 aromatic carbocycles. The molecule has 0 aliphatic rings. The van der Waals surface area contributed by atoms with Crippen molar-refractivity contribution in [2.75, 3.05) is 7.11 Å². The number of carbonyl (C=O) groups excluding carboxylic acids is 1. The van der Waals surface area contributed by atoms with E-state index in [9.17, 15) is 4.79 Å². The van der Waals surface area contributed by atoms with Gasteiger partial charge in [-0.25, -0.2) is 9.78 Å². The predicted molar refractivity (Wildman–Crippen MR) is 75.2 cm³/mol. The number of rotatable bonds is 5. The molecule has 0 saturated carbocycles. The summed E-state index contributed by atoms with van der Waals surface area (Å²) in [5, 5.41) is 3.96. The Balaban J connectivity index is 2.09. The number of hydrogen-bond donors (Lipinski definition) is 1. The highest BCUT2D eigenvalue weighted by Gasteiger charge is 2.20. The summed E-state index contributed by atoms with van der Waals surface area (Å²) in [4.78, 5) is 15.9. The van der Waals surface area contributed by atoms with Crippen LogP contribution in [-0.4, -0.2) is 18.1 Å². The van der Waals surface area contributed by atoms with Crippen LogP contribution in [0.25, 0.3) is 0 Å². The fourth-order valence-corrected chi connectivity index (χ4v) is 2.57. The van der Waals surface area contributed by atoms with Crippen molar-refractivity contribution in [3.63, 3.8) is 0 Å². The molecule has 6 heteroatoms. The number of carbonyl (C=O) groups is 1. The van der Waals surface area contributed by atoms with Gasteiger partial charge in [0.2, 0.25) is 0 Å². The Labute approximate surface area is 120 Å². The van der Waals surface area contributed by atoms with Crippen LogP contribution in [0.1, 0.15) is 16.6 Å². The average Bonchev–Trinajstić information content (AvgIpc) is 2.85. The van der Waals surface area contributed by atoms with Gasteiger partial charge in [-0.15, -0.1) is 11.3 Å². The van der Waals surface area contributed by atoms with E-state index in [0.717, 1.165) is 10.6 Å². The molecule has 0 spiro atoms. The number of aromatic nitrogens is 1. The standard InChI is InChI=1S/C13H13ClN2O2S/c1-18-13(17)12(9-5-3-2-4-6-9)16-8-11-15-7-10(14)19-11/h2-7,12,16H,8H2,1H3. The second kappa shape index (κ2) is 6.65. The van der Waals surface area contributed by atoms with Crippen molar-refractivity contribution in [3.8, 4) is 0 Å². The molecule has 1 N–H and O–H groups in total. The van der Waals surface area contributed by atoms with Crippen molar-refractivity contribution in [1.29, 1.82) is 0 Å². The maximum atomic E-state index is 11.8. The molecule has 0 fully saturated rings. The SMILES string of the molecule is COC(=O)C(NCc1ncc(Cl)s1)c1ccccc1. The third kappa shape index (κ3) is 3.76. The first-order valence-electron chi connectivity index (χ1n) is 5.67. The van der Waals surface area contributed by atoms with Gasteiger partial charge in [0.25, 0.3) is 0 Å².